The van der Waals surface area contributed by atoms with Crippen LogP contribution in [0.4, 0.5) is 5.82 Å². The lowest BCUT2D eigenvalue weighted by molar-refractivity contribution is 0.177. The molecule has 6 heteroatoms. The largest absolute Gasteiger partial charge is 0.385 e. The number of anilines is 1. The zero-order chi connectivity index (χ0) is 14.4. The van der Waals surface area contributed by atoms with Gasteiger partial charge in [-0.25, -0.2) is 9.97 Å². The maximum atomic E-state index is 5.07. The monoisotopic (exact) mass is 294 g/mol. The average molecular weight is 294 g/mol. The Hall–Kier alpha value is -1.24. The molecule has 0 radical (unpaired) electrons. The molecule has 0 spiro atoms. The minimum atomic E-state index is 0.760. The number of hydrogen-bond donors (Lipinski definition) is 1. The molecule has 2 rings (SSSR count). The topological polar surface area (TPSA) is 50.3 Å². The van der Waals surface area contributed by atoms with Crippen LogP contribution in [0, 0.1) is 0 Å². The molecule has 0 aliphatic heterocycles. The number of aromatic nitrogens is 2. The second-order valence-corrected chi connectivity index (χ2v) is 5.64. The fourth-order valence-electron chi connectivity index (χ4n) is 2.07. The van der Waals surface area contributed by atoms with Crippen LogP contribution < -0.4 is 5.32 Å². The number of fused-ring (bicyclic) bond motifs is 1. The van der Waals surface area contributed by atoms with Crippen molar-refractivity contribution in [1.29, 1.82) is 0 Å². The summed E-state index contributed by atoms with van der Waals surface area (Å²) >= 11 is 1.66. The van der Waals surface area contributed by atoms with Crippen LogP contribution in [0.5, 0.6) is 0 Å². The fourth-order valence-corrected chi connectivity index (χ4v) is 2.85. The number of nitrogens with zero attached hydrogens (tertiary/aromatic N) is 3. The Morgan fingerprint density at radius 3 is 3.00 bits per heavy atom. The van der Waals surface area contributed by atoms with Crippen LogP contribution in [0.2, 0.25) is 0 Å². The molecule has 0 fully saturated rings. The van der Waals surface area contributed by atoms with E-state index in [0.29, 0.717) is 0 Å². The van der Waals surface area contributed by atoms with Crippen molar-refractivity contribution in [2.24, 2.45) is 0 Å². The minimum absolute atomic E-state index is 0.760. The summed E-state index contributed by atoms with van der Waals surface area (Å²) in [6.07, 6.45) is 1.02. The molecule has 2 heterocycles. The highest BCUT2D eigenvalue weighted by Gasteiger charge is 2.10. The SMILES string of the molecule is CCNc1nc(CN(C)CCCOC)nc2sccc12. The molecule has 1 N–H and O–H groups in total. The van der Waals surface area contributed by atoms with E-state index in [1.807, 2.05) is 0 Å². The molecular formula is C14H22N4OS. The van der Waals surface area contributed by atoms with Crippen LogP contribution in [0.25, 0.3) is 10.2 Å². The van der Waals surface area contributed by atoms with Gasteiger partial charge in [-0.05, 0) is 31.8 Å². The van der Waals surface area contributed by atoms with Crippen molar-refractivity contribution in [3.05, 3.63) is 17.3 Å². The molecule has 0 amide bonds. The van der Waals surface area contributed by atoms with E-state index in [1.54, 1.807) is 18.4 Å². The number of hydrogen-bond acceptors (Lipinski definition) is 6. The summed E-state index contributed by atoms with van der Waals surface area (Å²) in [6, 6.07) is 2.07. The molecule has 5 nitrogen and oxygen atoms in total. The Morgan fingerprint density at radius 2 is 2.25 bits per heavy atom. The molecule has 20 heavy (non-hydrogen) atoms. The van der Waals surface area contributed by atoms with Gasteiger partial charge in [0.05, 0.1) is 11.9 Å². The van der Waals surface area contributed by atoms with Gasteiger partial charge in [-0.1, -0.05) is 0 Å². The highest BCUT2D eigenvalue weighted by Crippen LogP contribution is 2.25. The smallest absolute Gasteiger partial charge is 0.146 e. The van der Waals surface area contributed by atoms with Gasteiger partial charge in [-0.15, -0.1) is 11.3 Å². The zero-order valence-corrected chi connectivity index (χ0v) is 13.2. The Labute approximate surface area is 124 Å². The maximum Gasteiger partial charge on any atom is 0.146 e. The van der Waals surface area contributed by atoms with Crippen LogP contribution in [-0.4, -0.2) is 48.7 Å². The lowest BCUT2D eigenvalue weighted by atomic mass is 10.3. The number of rotatable bonds is 8. The summed E-state index contributed by atoms with van der Waals surface area (Å²) in [4.78, 5) is 12.6. The molecule has 0 saturated carbocycles. The quantitative estimate of drug-likeness (QED) is 0.758. The summed E-state index contributed by atoms with van der Waals surface area (Å²) in [7, 11) is 3.82. The molecule has 2 aromatic rings. The van der Waals surface area contributed by atoms with E-state index in [2.05, 4.69) is 45.6 Å². The molecular weight excluding hydrogens is 272 g/mol. The Morgan fingerprint density at radius 1 is 1.40 bits per heavy atom. The van der Waals surface area contributed by atoms with Crippen molar-refractivity contribution < 1.29 is 4.74 Å². The van der Waals surface area contributed by atoms with Gasteiger partial charge in [0.15, 0.2) is 0 Å². The van der Waals surface area contributed by atoms with Crippen LogP contribution in [-0.2, 0) is 11.3 Å². The number of ether oxygens (including phenoxy) is 1. The van der Waals surface area contributed by atoms with E-state index in [1.165, 1.54) is 0 Å². The number of methoxy groups -OCH3 is 1. The highest BCUT2D eigenvalue weighted by atomic mass is 32.1. The molecule has 0 saturated heterocycles. The van der Waals surface area contributed by atoms with Crippen molar-refractivity contribution in [3.8, 4) is 0 Å². The van der Waals surface area contributed by atoms with Crippen molar-refractivity contribution >= 4 is 27.4 Å². The molecule has 0 aliphatic carbocycles. The third kappa shape index (κ3) is 3.88. The fraction of sp³-hybridized carbons (Fsp3) is 0.571. The molecule has 0 aliphatic rings. The van der Waals surface area contributed by atoms with Crippen LogP contribution >= 0.6 is 11.3 Å². The molecule has 0 aromatic carbocycles. The Kier molecular flexibility index (Phi) is 5.70. The van der Waals surface area contributed by atoms with Crippen LogP contribution in [0.3, 0.4) is 0 Å². The highest BCUT2D eigenvalue weighted by molar-refractivity contribution is 7.16. The van der Waals surface area contributed by atoms with E-state index in [0.717, 1.165) is 54.5 Å². The summed E-state index contributed by atoms with van der Waals surface area (Å²) in [5, 5.41) is 6.49. The summed E-state index contributed by atoms with van der Waals surface area (Å²) in [6.45, 7) is 5.48. The summed E-state index contributed by atoms with van der Waals surface area (Å²) in [5.41, 5.74) is 0. The Balaban J connectivity index is 2.09. The van der Waals surface area contributed by atoms with Crippen molar-refractivity contribution in [2.45, 2.75) is 19.9 Å². The second kappa shape index (κ2) is 7.52. The number of nitrogens with one attached hydrogen (secondary N) is 1. The molecule has 0 atom stereocenters. The van der Waals surface area contributed by atoms with Crippen molar-refractivity contribution in [2.75, 3.05) is 39.2 Å². The predicted molar refractivity (Wildman–Crippen MR) is 84.4 cm³/mol. The first-order valence-electron chi connectivity index (χ1n) is 6.90. The average Bonchev–Trinajstić information content (AvgIpc) is 2.88. The molecule has 110 valence electrons. The van der Waals surface area contributed by atoms with Crippen LogP contribution in [0.15, 0.2) is 11.4 Å². The van der Waals surface area contributed by atoms with Gasteiger partial charge in [0.1, 0.15) is 16.5 Å². The Bertz CT molecular complexity index is 543. The first kappa shape index (κ1) is 15.2. The first-order valence-corrected chi connectivity index (χ1v) is 7.78. The van der Waals surface area contributed by atoms with Gasteiger partial charge in [0.25, 0.3) is 0 Å². The van der Waals surface area contributed by atoms with Gasteiger partial charge < -0.3 is 10.1 Å². The molecule has 0 unspecified atom stereocenters. The predicted octanol–water partition coefficient (Wildman–Crippen LogP) is 2.59. The first-order chi connectivity index (χ1) is 9.74. The van der Waals surface area contributed by atoms with Gasteiger partial charge in [-0.2, -0.15) is 0 Å². The normalized spacial score (nSPS) is 11.4. The van der Waals surface area contributed by atoms with Gasteiger partial charge >= 0.3 is 0 Å². The van der Waals surface area contributed by atoms with Crippen molar-refractivity contribution in [3.63, 3.8) is 0 Å². The summed E-state index contributed by atoms with van der Waals surface area (Å²) < 4.78 is 5.07. The lowest BCUT2D eigenvalue weighted by Gasteiger charge is -2.16. The van der Waals surface area contributed by atoms with E-state index in [9.17, 15) is 0 Å². The van der Waals surface area contributed by atoms with Gasteiger partial charge in [0.2, 0.25) is 0 Å². The lowest BCUT2D eigenvalue weighted by Crippen LogP contribution is -2.21. The molecule has 0 bridgehead atoms. The minimum Gasteiger partial charge on any atom is -0.385 e. The summed E-state index contributed by atoms with van der Waals surface area (Å²) in [5.74, 6) is 1.81. The van der Waals surface area contributed by atoms with Gasteiger partial charge in [0, 0.05) is 26.8 Å². The van der Waals surface area contributed by atoms with E-state index in [4.69, 9.17) is 4.74 Å². The second-order valence-electron chi connectivity index (χ2n) is 4.74. The molecule has 2 aromatic heterocycles. The van der Waals surface area contributed by atoms with E-state index >= 15 is 0 Å². The number of thiophene rings is 1. The van der Waals surface area contributed by atoms with Crippen molar-refractivity contribution in [1.82, 2.24) is 14.9 Å². The van der Waals surface area contributed by atoms with E-state index in [-0.39, 0.29) is 0 Å². The maximum absolute atomic E-state index is 5.07. The zero-order valence-electron chi connectivity index (χ0n) is 12.3. The third-order valence-corrected chi connectivity index (χ3v) is 3.82. The standard InChI is InChI=1S/C14H22N4OS/c1-4-15-13-11-6-9-20-14(11)17-12(16-13)10-18(2)7-5-8-19-3/h6,9H,4-5,7-8,10H2,1-3H3,(H,15,16,17). The van der Waals surface area contributed by atoms with E-state index < -0.39 is 0 Å². The third-order valence-electron chi connectivity index (χ3n) is 3.02. The van der Waals surface area contributed by atoms with Crippen LogP contribution in [0.1, 0.15) is 19.2 Å². The van der Waals surface area contributed by atoms with Gasteiger partial charge in [-0.3, -0.25) is 4.90 Å².